The zero-order chi connectivity index (χ0) is 16.2. The van der Waals surface area contributed by atoms with Gasteiger partial charge in [0, 0.05) is 24.5 Å². The molecule has 0 saturated heterocycles. The molecule has 0 heterocycles. The quantitative estimate of drug-likeness (QED) is 0.334. The second-order valence-electron chi connectivity index (χ2n) is 4.62. The minimum Gasteiger partial charge on any atom is -0.466 e. The lowest BCUT2D eigenvalue weighted by molar-refractivity contribution is -0.143. The number of halogens is 1. The molecule has 1 aromatic carbocycles. The van der Waals surface area contributed by atoms with Crippen LogP contribution in [-0.2, 0) is 16.1 Å². The van der Waals surface area contributed by atoms with E-state index in [0.29, 0.717) is 43.5 Å². The van der Waals surface area contributed by atoms with Gasteiger partial charge in [-0.05, 0) is 31.9 Å². The molecule has 0 amide bonds. The van der Waals surface area contributed by atoms with Gasteiger partial charge in [0.2, 0.25) is 0 Å². The van der Waals surface area contributed by atoms with Crippen molar-refractivity contribution < 1.29 is 9.53 Å². The first kappa shape index (κ1) is 18.3. The summed E-state index contributed by atoms with van der Waals surface area (Å²) in [6.45, 7) is 6.17. The van der Waals surface area contributed by atoms with E-state index in [1.807, 2.05) is 31.2 Å². The molecule has 1 aromatic rings. The Morgan fingerprint density at radius 3 is 2.73 bits per heavy atom. The van der Waals surface area contributed by atoms with E-state index in [0.717, 1.165) is 12.1 Å². The van der Waals surface area contributed by atoms with E-state index in [1.165, 1.54) is 0 Å². The van der Waals surface area contributed by atoms with Crippen LogP contribution in [0.1, 0.15) is 32.3 Å². The van der Waals surface area contributed by atoms with Crippen molar-refractivity contribution in [3.8, 4) is 0 Å². The molecule has 0 atom stereocenters. The van der Waals surface area contributed by atoms with Crippen molar-refractivity contribution in [2.45, 2.75) is 33.2 Å². The Hall–Kier alpha value is -1.75. The van der Waals surface area contributed by atoms with Crippen molar-refractivity contribution >= 4 is 23.5 Å². The smallest absolute Gasteiger partial charge is 0.305 e. The minimum atomic E-state index is -0.165. The molecule has 122 valence electrons. The van der Waals surface area contributed by atoms with Crippen LogP contribution >= 0.6 is 11.6 Å². The molecule has 0 bridgehead atoms. The fourth-order valence-corrected chi connectivity index (χ4v) is 2.00. The molecule has 0 aliphatic heterocycles. The summed E-state index contributed by atoms with van der Waals surface area (Å²) in [7, 11) is 0. The van der Waals surface area contributed by atoms with Gasteiger partial charge >= 0.3 is 5.97 Å². The second-order valence-corrected chi connectivity index (χ2v) is 5.03. The summed E-state index contributed by atoms with van der Waals surface area (Å²) in [6, 6.07) is 7.65. The summed E-state index contributed by atoms with van der Waals surface area (Å²) >= 11 is 6.11. The lowest BCUT2D eigenvalue weighted by Gasteiger charge is -2.11. The summed E-state index contributed by atoms with van der Waals surface area (Å²) in [5, 5.41) is 7.07. The number of nitrogens with one attached hydrogen (secondary N) is 2. The Morgan fingerprint density at radius 1 is 1.27 bits per heavy atom. The normalized spacial score (nSPS) is 11.1. The van der Waals surface area contributed by atoms with Crippen LogP contribution < -0.4 is 10.6 Å². The molecule has 0 saturated carbocycles. The van der Waals surface area contributed by atoms with Gasteiger partial charge in [0.1, 0.15) is 0 Å². The first-order valence-electron chi connectivity index (χ1n) is 7.58. The molecule has 0 aliphatic carbocycles. The van der Waals surface area contributed by atoms with Gasteiger partial charge in [-0.2, -0.15) is 0 Å². The van der Waals surface area contributed by atoms with E-state index >= 15 is 0 Å². The van der Waals surface area contributed by atoms with Gasteiger partial charge in [-0.3, -0.25) is 4.79 Å². The maximum atomic E-state index is 11.3. The number of carbonyl (C=O) groups is 1. The highest BCUT2D eigenvalue weighted by Crippen LogP contribution is 2.15. The minimum absolute atomic E-state index is 0.165. The Balaban J connectivity index is 2.42. The van der Waals surface area contributed by atoms with E-state index in [4.69, 9.17) is 16.3 Å². The van der Waals surface area contributed by atoms with Gasteiger partial charge in [0.15, 0.2) is 5.96 Å². The van der Waals surface area contributed by atoms with Gasteiger partial charge in [-0.25, -0.2) is 4.99 Å². The molecule has 0 spiro atoms. The van der Waals surface area contributed by atoms with E-state index in [2.05, 4.69) is 15.6 Å². The number of carbonyl (C=O) groups excluding carboxylic acids is 1. The van der Waals surface area contributed by atoms with Crippen LogP contribution in [-0.4, -0.2) is 31.6 Å². The second kappa shape index (κ2) is 10.9. The first-order valence-corrected chi connectivity index (χ1v) is 7.96. The van der Waals surface area contributed by atoms with Crippen LogP contribution in [0.2, 0.25) is 5.02 Å². The molecule has 0 fully saturated rings. The van der Waals surface area contributed by atoms with Crippen LogP contribution in [0.3, 0.4) is 0 Å². The third kappa shape index (κ3) is 7.31. The third-order valence-electron chi connectivity index (χ3n) is 2.87. The number of benzene rings is 1. The van der Waals surface area contributed by atoms with Crippen molar-refractivity contribution in [1.29, 1.82) is 0 Å². The fraction of sp³-hybridized carbons (Fsp3) is 0.500. The highest BCUT2D eigenvalue weighted by atomic mass is 35.5. The number of hydrogen-bond acceptors (Lipinski definition) is 3. The van der Waals surface area contributed by atoms with Crippen molar-refractivity contribution in [2.24, 2.45) is 4.99 Å². The summed E-state index contributed by atoms with van der Waals surface area (Å²) in [5.74, 6) is 0.550. The maximum absolute atomic E-state index is 11.3. The SMILES string of the molecule is CCNC(=NCc1ccccc1Cl)NCCCC(=O)OCC. The average molecular weight is 326 g/mol. The lowest BCUT2D eigenvalue weighted by atomic mass is 10.2. The molecule has 5 nitrogen and oxygen atoms in total. The number of aliphatic imine (C=N–C) groups is 1. The average Bonchev–Trinajstić information content (AvgIpc) is 2.50. The van der Waals surface area contributed by atoms with Crippen LogP contribution in [0.15, 0.2) is 29.3 Å². The van der Waals surface area contributed by atoms with Crippen molar-refractivity contribution in [3.63, 3.8) is 0 Å². The van der Waals surface area contributed by atoms with Gasteiger partial charge in [0.05, 0.1) is 13.2 Å². The van der Waals surface area contributed by atoms with Crippen molar-refractivity contribution in [3.05, 3.63) is 34.9 Å². The number of rotatable bonds is 8. The zero-order valence-corrected chi connectivity index (χ0v) is 13.9. The molecule has 1 rings (SSSR count). The third-order valence-corrected chi connectivity index (χ3v) is 3.23. The summed E-state index contributed by atoms with van der Waals surface area (Å²) in [5.41, 5.74) is 0.980. The molecule has 0 unspecified atom stereocenters. The molecule has 0 aliphatic rings. The number of hydrogen-bond donors (Lipinski definition) is 2. The topological polar surface area (TPSA) is 62.7 Å². The predicted molar refractivity (Wildman–Crippen MR) is 90.1 cm³/mol. The molecule has 0 radical (unpaired) electrons. The molecule has 6 heteroatoms. The Bertz CT molecular complexity index is 492. The molecule has 2 N–H and O–H groups in total. The highest BCUT2D eigenvalue weighted by Gasteiger charge is 2.03. The van der Waals surface area contributed by atoms with Crippen LogP contribution in [0.5, 0.6) is 0 Å². The first-order chi connectivity index (χ1) is 10.7. The van der Waals surface area contributed by atoms with E-state index in [9.17, 15) is 4.79 Å². The predicted octanol–water partition coefficient (Wildman–Crippen LogP) is 2.74. The molecular formula is C16H24ClN3O2. The summed E-state index contributed by atoms with van der Waals surface area (Å²) in [4.78, 5) is 15.7. The van der Waals surface area contributed by atoms with Crippen LogP contribution in [0, 0.1) is 0 Å². The Labute approximate surface area is 137 Å². The number of ether oxygens (including phenoxy) is 1. The molecule has 0 aromatic heterocycles. The number of guanidine groups is 1. The lowest BCUT2D eigenvalue weighted by Crippen LogP contribution is -2.37. The zero-order valence-electron chi connectivity index (χ0n) is 13.2. The monoisotopic (exact) mass is 325 g/mol. The molecular weight excluding hydrogens is 302 g/mol. The van der Waals surface area contributed by atoms with Gasteiger partial charge < -0.3 is 15.4 Å². The van der Waals surface area contributed by atoms with E-state index in [1.54, 1.807) is 6.92 Å². The standard InChI is InChI=1S/C16H24ClN3O2/c1-3-18-16(19-11-7-10-15(21)22-4-2)20-12-13-8-5-6-9-14(13)17/h5-6,8-9H,3-4,7,10-12H2,1-2H3,(H2,18,19,20). The Kier molecular flexibility index (Phi) is 9.07. The van der Waals surface area contributed by atoms with Crippen LogP contribution in [0.4, 0.5) is 0 Å². The maximum Gasteiger partial charge on any atom is 0.305 e. The largest absolute Gasteiger partial charge is 0.466 e. The summed E-state index contributed by atoms with van der Waals surface area (Å²) in [6.07, 6.45) is 1.11. The van der Waals surface area contributed by atoms with Gasteiger partial charge in [0.25, 0.3) is 0 Å². The molecule has 22 heavy (non-hydrogen) atoms. The van der Waals surface area contributed by atoms with Crippen LogP contribution in [0.25, 0.3) is 0 Å². The number of nitrogens with zero attached hydrogens (tertiary/aromatic N) is 1. The Morgan fingerprint density at radius 2 is 2.05 bits per heavy atom. The van der Waals surface area contributed by atoms with E-state index < -0.39 is 0 Å². The van der Waals surface area contributed by atoms with Gasteiger partial charge in [-0.1, -0.05) is 29.8 Å². The van der Waals surface area contributed by atoms with Gasteiger partial charge in [-0.15, -0.1) is 0 Å². The van der Waals surface area contributed by atoms with E-state index in [-0.39, 0.29) is 5.97 Å². The highest BCUT2D eigenvalue weighted by molar-refractivity contribution is 6.31. The van der Waals surface area contributed by atoms with Crippen molar-refractivity contribution in [1.82, 2.24) is 10.6 Å². The number of esters is 1. The summed E-state index contributed by atoms with van der Waals surface area (Å²) < 4.78 is 4.89. The fourth-order valence-electron chi connectivity index (χ4n) is 1.81. The van der Waals surface area contributed by atoms with Crippen molar-refractivity contribution in [2.75, 3.05) is 19.7 Å².